The molecule has 2 heterocycles. The van der Waals surface area contributed by atoms with Crippen LogP contribution in [0.4, 0.5) is 0 Å². The van der Waals surface area contributed by atoms with Gasteiger partial charge in [0.1, 0.15) is 0 Å². The number of aliphatic carboxylic acids is 1. The smallest absolute Gasteiger partial charge is 0.191 e. The minimum absolute atomic E-state index is 0.110. The minimum Gasteiger partial charge on any atom is -0.549 e. The Labute approximate surface area is 131 Å². The van der Waals surface area contributed by atoms with Gasteiger partial charge in [-0.15, -0.1) is 21.5 Å². The summed E-state index contributed by atoms with van der Waals surface area (Å²) in [6.45, 7) is 1.81. The van der Waals surface area contributed by atoms with E-state index in [0.717, 1.165) is 42.0 Å². The molecule has 2 rings (SSSR count). The molecule has 0 saturated carbocycles. The molecule has 0 spiro atoms. The Morgan fingerprint density at radius 2 is 2.29 bits per heavy atom. The second-order valence-electron chi connectivity index (χ2n) is 4.91. The largest absolute Gasteiger partial charge is 0.549 e. The highest BCUT2D eigenvalue weighted by molar-refractivity contribution is 7.99. The molecule has 0 saturated heterocycles. The van der Waals surface area contributed by atoms with Crippen molar-refractivity contribution in [1.29, 1.82) is 0 Å². The van der Waals surface area contributed by atoms with Gasteiger partial charge in [-0.3, -0.25) is 0 Å². The summed E-state index contributed by atoms with van der Waals surface area (Å²) in [5, 5.41) is 21.6. The molecule has 0 unspecified atom stereocenters. The molecule has 21 heavy (non-hydrogen) atoms. The molecule has 0 atom stereocenters. The van der Waals surface area contributed by atoms with Crippen LogP contribution in [0.15, 0.2) is 22.7 Å². The predicted octanol–water partition coefficient (Wildman–Crippen LogP) is -0.617. The van der Waals surface area contributed by atoms with E-state index in [1.165, 1.54) is 4.90 Å². The van der Waals surface area contributed by atoms with Crippen LogP contribution in [0.5, 0.6) is 0 Å². The van der Waals surface area contributed by atoms with E-state index in [9.17, 15) is 9.90 Å². The zero-order chi connectivity index (χ0) is 15.2. The number of carboxylic acid groups (broad SMARTS) is 1. The van der Waals surface area contributed by atoms with Crippen molar-refractivity contribution in [2.24, 2.45) is 0 Å². The third-order valence-electron chi connectivity index (χ3n) is 2.84. The zero-order valence-electron chi connectivity index (χ0n) is 12.0. The van der Waals surface area contributed by atoms with Crippen molar-refractivity contribution < 1.29 is 14.8 Å². The molecule has 1 N–H and O–H groups in total. The summed E-state index contributed by atoms with van der Waals surface area (Å²) >= 11 is 2.76. The van der Waals surface area contributed by atoms with Crippen LogP contribution < -0.4 is 10.0 Å². The summed E-state index contributed by atoms with van der Waals surface area (Å²) in [6.07, 6.45) is 0.984. The maximum Gasteiger partial charge on any atom is 0.191 e. The van der Waals surface area contributed by atoms with Crippen molar-refractivity contribution in [2.75, 3.05) is 26.4 Å². The first-order valence-corrected chi connectivity index (χ1v) is 8.53. The molecule has 0 aliphatic heterocycles. The highest BCUT2D eigenvalue weighted by Crippen LogP contribution is 2.27. The number of carbonyl (C=O) groups excluding carboxylic acids is 1. The maximum atomic E-state index is 10.6. The first kappa shape index (κ1) is 16.0. The lowest BCUT2D eigenvalue weighted by molar-refractivity contribution is -0.858. The average molecular weight is 326 g/mol. The van der Waals surface area contributed by atoms with E-state index in [-0.39, 0.29) is 5.75 Å². The van der Waals surface area contributed by atoms with E-state index in [0.29, 0.717) is 5.16 Å². The van der Waals surface area contributed by atoms with Crippen molar-refractivity contribution in [3.8, 4) is 10.7 Å². The van der Waals surface area contributed by atoms with Gasteiger partial charge in [0.05, 0.1) is 31.5 Å². The Balaban J connectivity index is 2.18. The van der Waals surface area contributed by atoms with Crippen molar-refractivity contribution in [1.82, 2.24) is 14.8 Å². The van der Waals surface area contributed by atoms with Crippen LogP contribution in [0.2, 0.25) is 0 Å². The van der Waals surface area contributed by atoms with E-state index in [1.54, 1.807) is 11.3 Å². The van der Waals surface area contributed by atoms with Crippen LogP contribution in [-0.4, -0.2) is 47.1 Å². The van der Waals surface area contributed by atoms with Crippen molar-refractivity contribution in [3.05, 3.63) is 17.5 Å². The summed E-state index contributed by atoms with van der Waals surface area (Å²) < 4.78 is 2.00. The standard InChI is InChI=1S/C13H18N4O2S2/c1-16(2)6-4-7-17-12(10-5-3-8-20-10)14-15-13(17)21-9-11(18)19/h3,5,8H,4,6-7,9H2,1-2H3,(H,18,19). The second-order valence-corrected chi connectivity index (χ2v) is 6.80. The fourth-order valence-electron chi connectivity index (χ4n) is 1.90. The molecule has 0 amide bonds. The van der Waals surface area contributed by atoms with Crippen LogP contribution in [0.3, 0.4) is 0 Å². The Kier molecular flexibility index (Phi) is 5.77. The number of nitrogens with one attached hydrogen (secondary N) is 1. The number of carbonyl (C=O) groups is 1. The lowest BCUT2D eigenvalue weighted by Gasteiger charge is -2.11. The van der Waals surface area contributed by atoms with Crippen LogP contribution in [0.25, 0.3) is 10.7 Å². The molecule has 8 heteroatoms. The maximum absolute atomic E-state index is 10.6. The number of hydrogen-bond acceptors (Lipinski definition) is 6. The molecule has 114 valence electrons. The summed E-state index contributed by atoms with van der Waals surface area (Å²) in [6, 6.07) is 3.96. The monoisotopic (exact) mass is 326 g/mol. The van der Waals surface area contributed by atoms with Gasteiger partial charge in [0.2, 0.25) is 0 Å². The zero-order valence-corrected chi connectivity index (χ0v) is 13.7. The number of thiophene rings is 1. The number of rotatable bonds is 8. The molecule has 2 aromatic rings. The van der Waals surface area contributed by atoms with Gasteiger partial charge in [-0.1, -0.05) is 17.8 Å². The first-order chi connectivity index (χ1) is 10.1. The van der Waals surface area contributed by atoms with Crippen molar-refractivity contribution >= 4 is 29.1 Å². The first-order valence-electron chi connectivity index (χ1n) is 6.66. The van der Waals surface area contributed by atoms with Crippen molar-refractivity contribution in [3.63, 3.8) is 0 Å². The molecule has 0 bridgehead atoms. The molecule has 2 aromatic heterocycles. The lowest BCUT2D eigenvalue weighted by atomic mass is 10.4. The van der Waals surface area contributed by atoms with Gasteiger partial charge in [-0.25, -0.2) is 0 Å². The predicted molar refractivity (Wildman–Crippen MR) is 81.4 cm³/mol. The van der Waals surface area contributed by atoms with E-state index in [1.807, 2.05) is 22.1 Å². The summed E-state index contributed by atoms with van der Waals surface area (Å²) in [4.78, 5) is 13.1. The average Bonchev–Trinajstić information content (AvgIpc) is 3.04. The molecule has 0 aliphatic carbocycles. The molecular weight excluding hydrogens is 308 g/mol. The van der Waals surface area contributed by atoms with E-state index < -0.39 is 5.97 Å². The van der Waals surface area contributed by atoms with Gasteiger partial charge in [0.25, 0.3) is 0 Å². The van der Waals surface area contributed by atoms with E-state index in [2.05, 4.69) is 24.3 Å². The van der Waals surface area contributed by atoms with Gasteiger partial charge >= 0.3 is 0 Å². The Morgan fingerprint density at radius 3 is 2.90 bits per heavy atom. The number of thioether (sulfide) groups is 1. The minimum atomic E-state index is -1.09. The lowest BCUT2D eigenvalue weighted by Crippen LogP contribution is -3.05. The van der Waals surface area contributed by atoms with E-state index >= 15 is 0 Å². The van der Waals surface area contributed by atoms with Gasteiger partial charge in [0.15, 0.2) is 11.0 Å². The Hall–Kier alpha value is -1.38. The topological polar surface area (TPSA) is 75.3 Å². The third kappa shape index (κ3) is 4.55. The fraction of sp³-hybridized carbons (Fsp3) is 0.462. The summed E-state index contributed by atoms with van der Waals surface area (Å²) in [7, 11) is 4.22. The van der Waals surface area contributed by atoms with Crippen LogP contribution in [0.1, 0.15) is 6.42 Å². The van der Waals surface area contributed by atoms with Gasteiger partial charge < -0.3 is 19.4 Å². The summed E-state index contributed by atoms with van der Waals surface area (Å²) in [5.41, 5.74) is 0. The normalized spacial score (nSPS) is 11.2. The Morgan fingerprint density at radius 1 is 1.48 bits per heavy atom. The quantitative estimate of drug-likeness (QED) is 0.655. The van der Waals surface area contributed by atoms with Gasteiger partial charge in [-0.2, -0.15) is 0 Å². The molecule has 0 radical (unpaired) electrons. The number of hydrogen-bond donors (Lipinski definition) is 1. The van der Waals surface area contributed by atoms with Crippen LogP contribution >= 0.6 is 23.1 Å². The van der Waals surface area contributed by atoms with Gasteiger partial charge in [-0.05, 0) is 11.4 Å². The number of nitrogens with zero attached hydrogens (tertiary/aromatic N) is 3. The molecule has 0 fully saturated rings. The third-order valence-corrected chi connectivity index (χ3v) is 4.64. The molecule has 6 nitrogen and oxygen atoms in total. The molecular formula is C13H18N4O2S2. The van der Waals surface area contributed by atoms with Gasteiger partial charge in [0, 0.05) is 18.7 Å². The van der Waals surface area contributed by atoms with Crippen LogP contribution in [-0.2, 0) is 11.3 Å². The number of carboxylic acids is 1. The van der Waals surface area contributed by atoms with E-state index in [4.69, 9.17) is 0 Å². The number of quaternary nitrogens is 1. The molecule has 0 aromatic carbocycles. The highest BCUT2D eigenvalue weighted by Gasteiger charge is 2.15. The summed E-state index contributed by atoms with van der Waals surface area (Å²) in [5.74, 6) is -0.397. The van der Waals surface area contributed by atoms with Crippen LogP contribution in [0, 0.1) is 0 Å². The molecule has 0 aliphatic rings. The van der Waals surface area contributed by atoms with Crippen molar-refractivity contribution in [2.45, 2.75) is 18.1 Å². The second kappa shape index (κ2) is 7.58. The Bertz CT molecular complexity index is 581. The SMILES string of the molecule is C[NH+](C)CCCn1c(SCC(=O)[O-])nnc1-c1cccs1. The fourth-order valence-corrected chi connectivity index (χ4v) is 3.30. The highest BCUT2D eigenvalue weighted by atomic mass is 32.2. The number of aromatic nitrogens is 3.